The predicted octanol–water partition coefficient (Wildman–Crippen LogP) is 2.87. The second kappa shape index (κ2) is 4.61. The zero-order valence-electron chi connectivity index (χ0n) is 8.45. The van der Waals surface area contributed by atoms with E-state index in [2.05, 4.69) is 0 Å². The van der Waals surface area contributed by atoms with Crippen molar-refractivity contribution in [3.8, 4) is 0 Å². The molecule has 1 N–H and O–H groups in total. The Kier molecular flexibility index (Phi) is 3.46. The molecule has 74 valence electrons. The SMILES string of the molecule is CC/C(=C\C(=O)O)c1ccccc1C. The Hall–Kier alpha value is -1.57. The Morgan fingerprint density at radius 1 is 1.43 bits per heavy atom. The summed E-state index contributed by atoms with van der Waals surface area (Å²) in [5, 5.41) is 8.69. The largest absolute Gasteiger partial charge is 0.478 e. The van der Waals surface area contributed by atoms with Gasteiger partial charge in [0, 0.05) is 6.08 Å². The molecule has 2 heteroatoms. The van der Waals surface area contributed by atoms with Gasteiger partial charge >= 0.3 is 5.97 Å². The summed E-state index contributed by atoms with van der Waals surface area (Å²) in [4.78, 5) is 10.6. The summed E-state index contributed by atoms with van der Waals surface area (Å²) in [6.07, 6.45) is 2.01. The molecule has 0 aliphatic rings. The number of hydrogen-bond donors (Lipinski definition) is 1. The highest BCUT2D eigenvalue weighted by molar-refractivity contribution is 5.90. The Labute approximate surface area is 83.9 Å². The topological polar surface area (TPSA) is 37.3 Å². The third kappa shape index (κ3) is 2.46. The van der Waals surface area contributed by atoms with Crippen molar-refractivity contribution < 1.29 is 9.90 Å². The van der Waals surface area contributed by atoms with Gasteiger partial charge in [-0.05, 0) is 30.0 Å². The summed E-state index contributed by atoms with van der Waals surface area (Å²) >= 11 is 0. The van der Waals surface area contributed by atoms with Crippen molar-refractivity contribution in [3.05, 3.63) is 41.5 Å². The smallest absolute Gasteiger partial charge is 0.328 e. The highest BCUT2D eigenvalue weighted by atomic mass is 16.4. The number of aryl methyl sites for hydroxylation is 1. The second-order valence-corrected chi connectivity index (χ2v) is 3.18. The third-order valence-electron chi connectivity index (χ3n) is 2.17. The van der Waals surface area contributed by atoms with E-state index in [0.717, 1.165) is 23.1 Å². The van der Waals surface area contributed by atoms with Crippen LogP contribution in [0.3, 0.4) is 0 Å². The molecular formula is C12H14O2. The molecule has 0 aliphatic heterocycles. The Morgan fingerprint density at radius 2 is 2.07 bits per heavy atom. The van der Waals surface area contributed by atoms with E-state index >= 15 is 0 Å². The van der Waals surface area contributed by atoms with Gasteiger partial charge in [-0.2, -0.15) is 0 Å². The van der Waals surface area contributed by atoms with Crippen molar-refractivity contribution in [1.29, 1.82) is 0 Å². The van der Waals surface area contributed by atoms with Crippen LogP contribution < -0.4 is 0 Å². The first-order valence-electron chi connectivity index (χ1n) is 4.64. The highest BCUT2D eigenvalue weighted by Gasteiger charge is 2.03. The summed E-state index contributed by atoms with van der Waals surface area (Å²) in [6.45, 7) is 3.95. The zero-order chi connectivity index (χ0) is 10.6. The van der Waals surface area contributed by atoms with Crippen LogP contribution >= 0.6 is 0 Å². The molecule has 0 fully saturated rings. The van der Waals surface area contributed by atoms with Crippen molar-refractivity contribution in [2.45, 2.75) is 20.3 Å². The van der Waals surface area contributed by atoms with Crippen molar-refractivity contribution in [2.75, 3.05) is 0 Å². The Bertz CT molecular complexity index is 364. The Morgan fingerprint density at radius 3 is 2.57 bits per heavy atom. The van der Waals surface area contributed by atoms with Crippen LogP contribution in [-0.4, -0.2) is 11.1 Å². The molecule has 0 bridgehead atoms. The lowest BCUT2D eigenvalue weighted by Crippen LogP contribution is -1.93. The van der Waals surface area contributed by atoms with E-state index in [1.54, 1.807) is 0 Å². The van der Waals surface area contributed by atoms with Crippen LogP contribution in [0.4, 0.5) is 0 Å². The molecule has 0 amide bonds. The molecule has 0 aliphatic carbocycles. The molecule has 0 aromatic heterocycles. The summed E-state index contributed by atoms with van der Waals surface area (Å²) < 4.78 is 0. The number of carbonyl (C=O) groups is 1. The fraction of sp³-hybridized carbons (Fsp3) is 0.250. The zero-order valence-corrected chi connectivity index (χ0v) is 8.45. The van der Waals surface area contributed by atoms with E-state index in [-0.39, 0.29) is 0 Å². The Balaban J connectivity index is 3.13. The lowest BCUT2D eigenvalue weighted by Gasteiger charge is -2.07. The van der Waals surface area contributed by atoms with Crippen LogP contribution in [0.15, 0.2) is 30.3 Å². The molecule has 14 heavy (non-hydrogen) atoms. The molecule has 0 saturated heterocycles. The first-order chi connectivity index (χ1) is 6.65. The maximum Gasteiger partial charge on any atom is 0.328 e. The van der Waals surface area contributed by atoms with Gasteiger partial charge in [-0.15, -0.1) is 0 Å². The summed E-state index contributed by atoms with van der Waals surface area (Å²) in [5.41, 5.74) is 3.01. The maximum atomic E-state index is 10.6. The van der Waals surface area contributed by atoms with Gasteiger partial charge in [0.1, 0.15) is 0 Å². The minimum absolute atomic E-state index is 0.733. The molecule has 0 radical (unpaired) electrons. The van der Waals surface area contributed by atoms with E-state index in [9.17, 15) is 4.79 Å². The van der Waals surface area contributed by atoms with Gasteiger partial charge in [-0.25, -0.2) is 4.79 Å². The minimum atomic E-state index is -0.884. The summed E-state index contributed by atoms with van der Waals surface area (Å²) in [5.74, 6) is -0.884. The molecule has 0 atom stereocenters. The summed E-state index contributed by atoms with van der Waals surface area (Å²) in [6, 6.07) is 7.81. The van der Waals surface area contributed by atoms with Crippen molar-refractivity contribution in [3.63, 3.8) is 0 Å². The lowest BCUT2D eigenvalue weighted by atomic mass is 9.98. The number of benzene rings is 1. The van der Waals surface area contributed by atoms with Crippen LogP contribution in [0.25, 0.3) is 5.57 Å². The second-order valence-electron chi connectivity index (χ2n) is 3.18. The number of allylic oxidation sites excluding steroid dienone is 1. The molecule has 2 nitrogen and oxygen atoms in total. The maximum absolute atomic E-state index is 10.6. The van der Waals surface area contributed by atoms with Crippen molar-refractivity contribution in [1.82, 2.24) is 0 Å². The van der Waals surface area contributed by atoms with Crippen LogP contribution in [0.2, 0.25) is 0 Å². The van der Waals surface area contributed by atoms with E-state index in [0.29, 0.717) is 0 Å². The first-order valence-corrected chi connectivity index (χ1v) is 4.64. The lowest BCUT2D eigenvalue weighted by molar-refractivity contribution is -0.131. The van der Waals surface area contributed by atoms with Crippen LogP contribution in [-0.2, 0) is 4.79 Å². The molecule has 0 heterocycles. The average molecular weight is 190 g/mol. The molecular weight excluding hydrogens is 176 g/mol. The molecule has 0 unspecified atom stereocenters. The molecule has 1 aromatic carbocycles. The van der Waals surface area contributed by atoms with E-state index in [1.807, 2.05) is 38.1 Å². The van der Waals surface area contributed by atoms with E-state index < -0.39 is 5.97 Å². The van der Waals surface area contributed by atoms with Crippen molar-refractivity contribution >= 4 is 11.5 Å². The normalized spacial score (nSPS) is 11.4. The number of carboxylic acid groups (broad SMARTS) is 1. The standard InChI is InChI=1S/C12H14O2/c1-3-10(8-12(13)14)11-7-5-4-6-9(11)2/h4-8H,3H2,1-2H3,(H,13,14)/b10-8+. The van der Waals surface area contributed by atoms with Gasteiger partial charge in [-0.1, -0.05) is 31.2 Å². The van der Waals surface area contributed by atoms with Gasteiger partial charge in [0.05, 0.1) is 0 Å². The molecule has 1 rings (SSSR count). The van der Waals surface area contributed by atoms with Crippen LogP contribution in [0.1, 0.15) is 24.5 Å². The number of rotatable bonds is 3. The van der Waals surface area contributed by atoms with Gasteiger partial charge in [-0.3, -0.25) is 0 Å². The fourth-order valence-electron chi connectivity index (χ4n) is 1.45. The highest BCUT2D eigenvalue weighted by Crippen LogP contribution is 2.21. The fourth-order valence-corrected chi connectivity index (χ4v) is 1.45. The number of carboxylic acids is 1. The first kappa shape index (κ1) is 10.5. The predicted molar refractivity (Wildman–Crippen MR) is 57.1 cm³/mol. The van der Waals surface area contributed by atoms with Crippen molar-refractivity contribution in [2.24, 2.45) is 0 Å². The number of aliphatic carboxylic acids is 1. The van der Waals surface area contributed by atoms with Gasteiger partial charge < -0.3 is 5.11 Å². The van der Waals surface area contributed by atoms with Gasteiger partial charge in [0.2, 0.25) is 0 Å². The van der Waals surface area contributed by atoms with E-state index in [4.69, 9.17) is 5.11 Å². The summed E-state index contributed by atoms with van der Waals surface area (Å²) in [7, 11) is 0. The van der Waals surface area contributed by atoms with Gasteiger partial charge in [0.15, 0.2) is 0 Å². The molecule has 0 spiro atoms. The van der Waals surface area contributed by atoms with Crippen LogP contribution in [0, 0.1) is 6.92 Å². The molecule has 0 saturated carbocycles. The molecule has 1 aromatic rings. The number of hydrogen-bond acceptors (Lipinski definition) is 1. The van der Waals surface area contributed by atoms with Crippen LogP contribution in [0.5, 0.6) is 0 Å². The minimum Gasteiger partial charge on any atom is -0.478 e. The van der Waals surface area contributed by atoms with E-state index in [1.165, 1.54) is 6.08 Å². The average Bonchev–Trinajstić information content (AvgIpc) is 2.15. The van der Waals surface area contributed by atoms with Gasteiger partial charge in [0.25, 0.3) is 0 Å². The third-order valence-corrected chi connectivity index (χ3v) is 2.17. The quantitative estimate of drug-likeness (QED) is 0.744. The monoisotopic (exact) mass is 190 g/mol.